The molecule has 0 saturated heterocycles. The van der Waals surface area contributed by atoms with Gasteiger partial charge in [-0.05, 0) is 109 Å². The van der Waals surface area contributed by atoms with Crippen LogP contribution in [-0.2, 0) is 16.4 Å². The van der Waals surface area contributed by atoms with E-state index in [4.69, 9.17) is 0 Å². The van der Waals surface area contributed by atoms with Crippen LogP contribution in [0.5, 0.6) is 0 Å². The lowest BCUT2D eigenvalue weighted by molar-refractivity contribution is 0.590. The van der Waals surface area contributed by atoms with Gasteiger partial charge in [0.2, 0.25) is 0 Å². The summed E-state index contributed by atoms with van der Waals surface area (Å²) in [4.78, 5) is 0.271. The van der Waals surface area contributed by atoms with Crippen LogP contribution in [-0.4, -0.2) is 12.4 Å². The van der Waals surface area contributed by atoms with Crippen molar-refractivity contribution >= 4 is 74.9 Å². The summed E-state index contributed by atoms with van der Waals surface area (Å²) in [5.74, 6) is 0. The molecule has 1 aromatic heterocycles. The summed E-state index contributed by atoms with van der Waals surface area (Å²) in [5.41, 5.74) is 6.78. The van der Waals surface area contributed by atoms with Gasteiger partial charge in [-0.25, -0.2) is 12.4 Å². The fourth-order valence-corrected chi connectivity index (χ4v) is 9.85. The number of nitrogens with zero attached hydrogens (tertiary/aromatic N) is 1. The van der Waals surface area contributed by atoms with Gasteiger partial charge in [0, 0.05) is 10.8 Å². The van der Waals surface area contributed by atoms with E-state index >= 15 is 0 Å². The molecule has 0 aliphatic rings. The minimum absolute atomic E-state index is 0.271. The first-order valence-electron chi connectivity index (χ1n) is 17.6. The van der Waals surface area contributed by atoms with E-state index in [0.717, 1.165) is 60.3 Å². The van der Waals surface area contributed by atoms with Crippen molar-refractivity contribution in [3.05, 3.63) is 187 Å². The molecule has 9 aromatic carbocycles. The number of aromatic nitrogens is 1. The van der Waals surface area contributed by atoms with Crippen LogP contribution in [0.3, 0.4) is 0 Å². The predicted octanol–water partition coefficient (Wildman–Crippen LogP) is 12.2. The normalized spacial score (nSPS) is 12.2. The molecule has 0 unspecified atom stereocenters. The van der Waals surface area contributed by atoms with Gasteiger partial charge in [0.1, 0.15) is 0 Å². The molecule has 0 radical (unpaired) electrons. The molecule has 0 atom stereocenters. The average Bonchev–Trinajstić information content (AvgIpc) is 3.55. The number of hydrogen-bond acceptors (Lipinski definition) is 2. The Bertz CT molecular complexity index is 3150. The minimum atomic E-state index is -3.99. The number of hydrogen-bond donors (Lipinski definition) is 0. The molecule has 0 spiro atoms. The van der Waals surface area contributed by atoms with Crippen LogP contribution >= 0.6 is 0 Å². The van der Waals surface area contributed by atoms with Crippen molar-refractivity contribution in [2.45, 2.75) is 18.2 Å². The molecule has 0 fully saturated rings. The highest BCUT2D eigenvalue weighted by Crippen LogP contribution is 2.47. The third-order valence-corrected chi connectivity index (χ3v) is 12.4. The predicted molar refractivity (Wildman–Crippen MR) is 218 cm³/mol. The molecule has 0 bridgehead atoms. The monoisotopic (exact) mass is 687 g/mol. The van der Waals surface area contributed by atoms with Crippen molar-refractivity contribution in [1.82, 2.24) is 3.97 Å². The first-order chi connectivity index (χ1) is 25.5. The van der Waals surface area contributed by atoms with E-state index in [9.17, 15) is 8.42 Å². The lowest BCUT2D eigenvalue weighted by atomic mass is 9.86. The first-order valence-corrected chi connectivity index (χ1v) is 19.1. The summed E-state index contributed by atoms with van der Waals surface area (Å²) in [6.07, 6.45) is 0.577. The molecular weight excluding hydrogens is 655 g/mol. The second-order valence-electron chi connectivity index (χ2n) is 13.8. The highest BCUT2D eigenvalue weighted by molar-refractivity contribution is 7.90. The molecule has 0 aliphatic heterocycles. The second kappa shape index (κ2) is 11.7. The maximum Gasteiger partial charge on any atom is 0.268 e. The van der Waals surface area contributed by atoms with Gasteiger partial charge in [-0.3, -0.25) is 0 Å². The van der Waals surface area contributed by atoms with Crippen molar-refractivity contribution in [3.63, 3.8) is 0 Å². The molecule has 52 heavy (non-hydrogen) atoms. The van der Waals surface area contributed by atoms with E-state index in [2.05, 4.69) is 109 Å². The van der Waals surface area contributed by atoms with Crippen molar-refractivity contribution in [2.24, 2.45) is 0 Å². The lowest BCUT2D eigenvalue weighted by Gasteiger charge is -2.18. The van der Waals surface area contributed by atoms with E-state index in [0.29, 0.717) is 11.9 Å². The maximum absolute atomic E-state index is 14.9. The molecule has 0 N–H and O–H groups in total. The van der Waals surface area contributed by atoms with Crippen LogP contribution in [0.2, 0.25) is 0 Å². The van der Waals surface area contributed by atoms with Crippen molar-refractivity contribution < 1.29 is 8.42 Å². The Balaban J connectivity index is 1.44. The Hall–Kier alpha value is -6.23. The van der Waals surface area contributed by atoms with Gasteiger partial charge in [-0.2, -0.15) is 0 Å². The van der Waals surface area contributed by atoms with Crippen LogP contribution in [0, 0.1) is 6.92 Å². The summed E-state index contributed by atoms with van der Waals surface area (Å²) in [6, 6.07) is 58.3. The largest absolute Gasteiger partial charge is 0.268 e. The van der Waals surface area contributed by atoms with Crippen LogP contribution in [0.25, 0.3) is 76.0 Å². The molecule has 3 nitrogen and oxygen atoms in total. The molecule has 0 amide bonds. The van der Waals surface area contributed by atoms with Crippen LogP contribution in [0.15, 0.2) is 175 Å². The number of rotatable bonds is 5. The summed E-state index contributed by atoms with van der Waals surface area (Å²) in [7, 11) is -3.99. The van der Waals surface area contributed by atoms with Gasteiger partial charge in [0.25, 0.3) is 10.0 Å². The van der Waals surface area contributed by atoms with Gasteiger partial charge in [0.15, 0.2) is 0 Å². The molecule has 1 heterocycles. The lowest BCUT2D eigenvalue weighted by Crippen LogP contribution is -2.14. The summed E-state index contributed by atoms with van der Waals surface area (Å²) in [6.45, 7) is 1.97. The fourth-order valence-electron chi connectivity index (χ4n) is 8.29. The number of fused-ring (bicyclic) bond motifs is 10. The van der Waals surface area contributed by atoms with Crippen molar-refractivity contribution in [1.29, 1.82) is 0 Å². The summed E-state index contributed by atoms with van der Waals surface area (Å²) < 4.78 is 31.5. The first kappa shape index (κ1) is 30.6. The van der Waals surface area contributed by atoms with Crippen molar-refractivity contribution in [2.75, 3.05) is 0 Å². The molecular formula is C48H33NO2S. The zero-order chi connectivity index (χ0) is 35.0. The van der Waals surface area contributed by atoms with Gasteiger partial charge < -0.3 is 0 Å². The Kier molecular flexibility index (Phi) is 6.86. The molecule has 4 heteroatoms. The number of aryl methyl sites for hydroxylation is 1. The molecule has 0 saturated carbocycles. The SMILES string of the molecule is Cc1ccc(S(=O)(=O)n2c3ccccc3c3c4cc(-c5cccc6ccccc56)c5c6ccccc6ccc5c4cc(Cc4ccccc4)c32)cc1. The highest BCUT2D eigenvalue weighted by atomic mass is 32.2. The maximum atomic E-state index is 14.9. The zero-order valence-corrected chi connectivity index (χ0v) is 29.4. The number of para-hydroxylation sites is 1. The topological polar surface area (TPSA) is 39.1 Å². The van der Waals surface area contributed by atoms with E-state index in [1.165, 1.54) is 26.9 Å². The summed E-state index contributed by atoms with van der Waals surface area (Å²) >= 11 is 0. The van der Waals surface area contributed by atoms with Crippen LogP contribution in [0.1, 0.15) is 16.7 Å². The second-order valence-corrected chi connectivity index (χ2v) is 15.6. The van der Waals surface area contributed by atoms with Gasteiger partial charge in [-0.15, -0.1) is 0 Å². The third kappa shape index (κ3) is 4.61. The van der Waals surface area contributed by atoms with Gasteiger partial charge in [0.05, 0.1) is 15.9 Å². The quantitative estimate of drug-likeness (QED) is 0.169. The van der Waals surface area contributed by atoms with Crippen LogP contribution in [0.4, 0.5) is 0 Å². The molecule has 10 rings (SSSR count). The fraction of sp³-hybridized carbons (Fsp3) is 0.0417. The van der Waals surface area contributed by atoms with Gasteiger partial charge in [-0.1, -0.05) is 145 Å². The Morgan fingerprint density at radius 2 is 1.13 bits per heavy atom. The van der Waals surface area contributed by atoms with E-state index in [1.54, 1.807) is 16.1 Å². The van der Waals surface area contributed by atoms with Gasteiger partial charge >= 0.3 is 0 Å². The minimum Gasteiger partial charge on any atom is -0.233 e. The number of benzene rings is 9. The highest BCUT2D eigenvalue weighted by Gasteiger charge is 2.27. The Labute approximate surface area is 302 Å². The molecule has 0 aliphatic carbocycles. The van der Waals surface area contributed by atoms with E-state index in [-0.39, 0.29) is 4.90 Å². The van der Waals surface area contributed by atoms with E-state index in [1.807, 2.05) is 55.5 Å². The standard InChI is InChI=1S/C48H33NO2S/c1-31-22-25-36(26-23-31)52(50,51)49-45-21-10-9-19-41(45)47-44-30-43(39-20-11-16-33-14-5-7-17-37(33)39)46-38-18-8-6-15-34(38)24-27-40(46)42(44)29-35(48(47)49)28-32-12-3-2-4-13-32/h2-27,29-30H,28H2,1H3. The average molecular weight is 688 g/mol. The Morgan fingerprint density at radius 3 is 1.92 bits per heavy atom. The smallest absolute Gasteiger partial charge is 0.233 e. The van der Waals surface area contributed by atoms with Crippen molar-refractivity contribution in [3.8, 4) is 11.1 Å². The third-order valence-electron chi connectivity index (χ3n) is 10.7. The molecule has 248 valence electrons. The molecule has 10 aromatic rings. The van der Waals surface area contributed by atoms with E-state index < -0.39 is 10.0 Å². The Morgan fingerprint density at radius 1 is 0.481 bits per heavy atom. The van der Waals surface area contributed by atoms with Crippen LogP contribution < -0.4 is 0 Å². The summed E-state index contributed by atoms with van der Waals surface area (Å²) in [5, 5.41) is 11.1. The zero-order valence-electron chi connectivity index (χ0n) is 28.5.